The average Bonchev–Trinajstić information content (AvgIpc) is 3.43. The van der Waals surface area contributed by atoms with Crippen LogP contribution in [0.4, 0.5) is 0 Å². The maximum Gasteiger partial charge on any atom is 0.311 e. The number of ether oxygens (including phenoxy) is 1. The first kappa shape index (κ1) is 27.7. The van der Waals surface area contributed by atoms with E-state index in [-0.39, 0.29) is 36.9 Å². The first-order valence-corrected chi connectivity index (χ1v) is 14.2. The predicted octanol–water partition coefficient (Wildman–Crippen LogP) is 3.65. The van der Waals surface area contributed by atoms with Crippen LogP contribution in [0.25, 0.3) is 0 Å². The largest absolute Gasteiger partial charge is 0.466 e. The van der Waals surface area contributed by atoms with Gasteiger partial charge in [-0.2, -0.15) is 0 Å². The number of rotatable bonds is 11. The van der Waals surface area contributed by atoms with Crippen LogP contribution in [0.3, 0.4) is 0 Å². The van der Waals surface area contributed by atoms with Crippen LogP contribution in [0.5, 0.6) is 0 Å². The number of carbonyl (C=O) groups is 3. The highest BCUT2D eigenvalue weighted by molar-refractivity contribution is 8.02. The van der Waals surface area contributed by atoms with Gasteiger partial charge in [0.15, 0.2) is 0 Å². The third-order valence-electron chi connectivity index (χ3n) is 8.21. The Morgan fingerprint density at radius 1 is 1.30 bits per heavy atom. The Morgan fingerprint density at radius 2 is 2.00 bits per heavy atom. The Morgan fingerprint density at radius 3 is 2.59 bits per heavy atom. The fourth-order valence-corrected chi connectivity index (χ4v) is 9.14. The van der Waals surface area contributed by atoms with Crippen molar-refractivity contribution < 1.29 is 24.2 Å². The topological polar surface area (TPSA) is 87.2 Å². The van der Waals surface area contributed by atoms with Crippen LogP contribution in [-0.4, -0.2) is 74.0 Å². The molecule has 3 aliphatic rings. The molecule has 8 heteroatoms. The number of amides is 2. The molecular weight excluding hydrogens is 488 g/mol. The number of hydrogen-bond donors (Lipinski definition) is 1. The summed E-state index contributed by atoms with van der Waals surface area (Å²) in [6.45, 7) is 12.5. The van der Waals surface area contributed by atoms with Crippen LogP contribution >= 0.6 is 11.8 Å². The van der Waals surface area contributed by atoms with Crippen molar-refractivity contribution in [2.75, 3.05) is 19.8 Å². The highest BCUT2D eigenvalue weighted by Gasteiger charge is 2.78. The van der Waals surface area contributed by atoms with Crippen molar-refractivity contribution in [3.8, 4) is 0 Å². The molecule has 7 nitrogen and oxygen atoms in total. The monoisotopic (exact) mass is 528 g/mol. The van der Waals surface area contributed by atoms with E-state index in [9.17, 15) is 19.5 Å². The maximum atomic E-state index is 14.5. The van der Waals surface area contributed by atoms with Gasteiger partial charge in [0.1, 0.15) is 6.04 Å². The van der Waals surface area contributed by atoms with Crippen LogP contribution in [0.2, 0.25) is 0 Å². The SMILES string of the molecule is C=CCN(Cc1ccccc1)C(=O)C1N([C@@H](CO)CC(C)C)C(=O)[C@@H]2[C@@H](C(=O)OCC)[C@@]3(C)CCC12S3. The van der Waals surface area contributed by atoms with Crippen molar-refractivity contribution in [1.82, 2.24) is 9.80 Å². The van der Waals surface area contributed by atoms with Crippen LogP contribution in [0.15, 0.2) is 43.0 Å². The number of fused-ring (bicyclic) bond motifs is 1. The van der Waals surface area contributed by atoms with Crippen molar-refractivity contribution in [3.05, 3.63) is 48.6 Å². The molecule has 37 heavy (non-hydrogen) atoms. The lowest BCUT2D eigenvalue weighted by atomic mass is 9.66. The van der Waals surface area contributed by atoms with E-state index in [1.165, 1.54) is 0 Å². The molecule has 1 N–H and O–H groups in total. The van der Waals surface area contributed by atoms with Crippen molar-refractivity contribution in [2.45, 2.75) is 75.1 Å². The van der Waals surface area contributed by atoms with Gasteiger partial charge in [-0.25, -0.2) is 0 Å². The molecule has 1 spiro atoms. The van der Waals surface area contributed by atoms with E-state index in [1.807, 2.05) is 51.1 Å². The van der Waals surface area contributed by atoms with Crippen LogP contribution in [0, 0.1) is 17.8 Å². The minimum absolute atomic E-state index is 0.150. The van der Waals surface area contributed by atoms with E-state index in [2.05, 4.69) is 6.58 Å². The van der Waals surface area contributed by atoms with Gasteiger partial charge >= 0.3 is 5.97 Å². The number of thioether (sulfide) groups is 1. The second-order valence-corrected chi connectivity index (χ2v) is 13.1. The molecule has 2 unspecified atom stereocenters. The van der Waals surface area contributed by atoms with Crippen molar-refractivity contribution >= 4 is 29.5 Å². The molecular formula is C29H40N2O5S. The smallest absolute Gasteiger partial charge is 0.311 e. The van der Waals surface area contributed by atoms with Gasteiger partial charge in [0.2, 0.25) is 11.8 Å². The summed E-state index contributed by atoms with van der Waals surface area (Å²) in [6.07, 6.45) is 3.68. The first-order valence-electron chi connectivity index (χ1n) is 13.4. The Balaban J connectivity index is 1.80. The van der Waals surface area contributed by atoms with Gasteiger partial charge in [-0.3, -0.25) is 14.4 Å². The predicted molar refractivity (Wildman–Crippen MR) is 145 cm³/mol. The lowest BCUT2D eigenvalue weighted by Crippen LogP contribution is -2.57. The van der Waals surface area contributed by atoms with Crippen molar-refractivity contribution in [1.29, 1.82) is 0 Å². The molecule has 4 rings (SSSR count). The zero-order chi connectivity index (χ0) is 27.0. The maximum absolute atomic E-state index is 14.5. The summed E-state index contributed by atoms with van der Waals surface area (Å²) in [5.41, 5.74) is 0.989. The van der Waals surface area contributed by atoms with Crippen molar-refractivity contribution in [2.24, 2.45) is 17.8 Å². The van der Waals surface area contributed by atoms with Gasteiger partial charge in [0, 0.05) is 17.8 Å². The molecule has 6 atom stereocenters. The number of nitrogens with zero attached hydrogens (tertiary/aromatic N) is 2. The second kappa shape index (κ2) is 10.8. The van der Waals surface area contributed by atoms with Crippen LogP contribution < -0.4 is 0 Å². The van der Waals surface area contributed by atoms with Gasteiger partial charge in [0.05, 0.1) is 35.8 Å². The van der Waals surface area contributed by atoms with Gasteiger partial charge in [-0.15, -0.1) is 18.3 Å². The lowest BCUT2D eigenvalue weighted by molar-refractivity contribution is -0.155. The third-order valence-corrected chi connectivity index (χ3v) is 10.2. The molecule has 0 saturated carbocycles. The first-order chi connectivity index (χ1) is 17.6. The van der Waals surface area contributed by atoms with Gasteiger partial charge in [0.25, 0.3) is 0 Å². The number of hydrogen-bond acceptors (Lipinski definition) is 6. The van der Waals surface area contributed by atoms with E-state index in [0.29, 0.717) is 25.9 Å². The Bertz CT molecular complexity index is 1030. The summed E-state index contributed by atoms with van der Waals surface area (Å²) in [5, 5.41) is 10.4. The second-order valence-electron chi connectivity index (χ2n) is 11.2. The fourth-order valence-electron chi connectivity index (χ4n) is 6.81. The quantitative estimate of drug-likeness (QED) is 0.349. The number of esters is 1. The fraction of sp³-hybridized carbons (Fsp3) is 0.621. The number of benzene rings is 1. The van der Waals surface area contributed by atoms with E-state index in [4.69, 9.17) is 4.74 Å². The summed E-state index contributed by atoms with van der Waals surface area (Å²) in [4.78, 5) is 45.4. The van der Waals surface area contributed by atoms with Gasteiger partial charge < -0.3 is 19.6 Å². The molecule has 3 saturated heterocycles. The lowest BCUT2D eigenvalue weighted by Gasteiger charge is -2.40. The highest BCUT2D eigenvalue weighted by atomic mass is 32.2. The van der Waals surface area contributed by atoms with Crippen LogP contribution in [0.1, 0.15) is 52.5 Å². The molecule has 0 radical (unpaired) electrons. The van der Waals surface area contributed by atoms with Crippen LogP contribution in [-0.2, 0) is 25.7 Å². The molecule has 2 bridgehead atoms. The number of carbonyl (C=O) groups excluding carboxylic acids is 3. The molecule has 2 amide bonds. The zero-order valence-corrected chi connectivity index (χ0v) is 23.2. The van der Waals surface area contributed by atoms with E-state index < -0.39 is 33.4 Å². The Kier molecular flexibility index (Phi) is 8.10. The Labute approximate surface area is 224 Å². The number of aliphatic hydroxyl groups is 1. The average molecular weight is 529 g/mol. The molecule has 1 aromatic carbocycles. The molecule has 3 fully saturated rings. The summed E-state index contributed by atoms with van der Waals surface area (Å²) in [7, 11) is 0. The molecule has 0 aliphatic carbocycles. The summed E-state index contributed by atoms with van der Waals surface area (Å²) in [5.74, 6) is -1.75. The number of aliphatic hydroxyl groups excluding tert-OH is 1. The molecule has 3 heterocycles. The highest BCUT2D eigenvalue weighted by Crippen LogP contribution is 2.71. The zero-order valence-electron chi connectivity index (χ0n) is 22.4. The van der Waals surface area contributed by atoms with E-state index >= 15 is 0 Å². The number of likely N-dealkylation sites (tertiary alicyclic amines) is 1. The minimum Gasteiger partial charge on any atom is -0.466 e. The van der Waals surface area contributed by atoms with Crippen molar-refractivity contribution in [3.63, 3.8) is 0 Å². The van der Waals surface area contributed by atoms with Gasteiger partial charge in [-0.05, 0) is 44.6 Å². The molecule has 3 aliphatic heterocycles. The standard InChI is InChI=1S/C29H40N2O5S/c1-6-15-30(17-20-11-9-8-10-12-20)26(34)24-29-14-13-28(5,37-29)23(27(35)36-7-2)22(29)25(33)31(24)21(18-32)16-19(3)4/h6,8-12,19,21-24,32H,1,7,13-18H2,2-5H3/t21-,22+,23+,24?,28-,29?/m1/s1. The Hall–Kier alpha value is -2.32. The van der Waals surface area contributed by atoms with E-state index in [0.717, 1.165) is 12.0 Å². The molecule has 0 aromatic heterocycles. The summed E-state index contributed by atoms with van der Waals surface area (Å²) in [6, 6.07) is 8.50. The van der Waals surface area contributed by atoms with Gasteiger partial charge in [-0.1, -0.05) is 50.3 Å². The summed E-state index contributed by atoms with van der Waals surface area (Å²) < 4.78 is 4.26. The molecule has 202 valence electrons. The normalized spacial score (nSPS) is 30.9. The van der Waals surface area contributed by atoms with E-state index in [1.54, 1.807) is 34.6 Å². The minimum atomic E-state index is -0.768. The third kappa shape index (κ3) is 4.71. The molecule has 1 aromatic rings. The summed E-state index contributed by atoms with van der Waals surface area (Å²) >= 11 is 1.63.